The lowest BCUT2D eigenvalue weighted by molar-refractivity contribution is 0.315. The number of thiophene rings is 1. The Labute approximate surface area is 119 Å². The summed E-state index contributed by atoms with van der Waals surface area (Å²) in [7, 11) is -0.903. The van der Waals surface area contributed by atoms with Crippen molar-refractivity contribution in [1.82, 2.24) is 0 Å². The van der Waals surface area contributed by atoms with E-state index >= 15 is 0 Å². The molecule has 0 aliphatic heterocycles. The van der Waals surface area contributed by atoms with Crippen LogP contribution in [0.5, 0.6) is 5.75 Å². The molecule has 0 spiro atoms. The highest BCUT2D eigenvalue weighted by atomic mass is 32.2. The van der Waals surface area contributed by atoms with Crippen molar-refractivity contribution in [3.63, 3.8) is 0 Å². The van der Waals surface area contributed by atoms with Gasteiger partial charge in [-0.05, 0) is 23.9 Å². The van der Waals surface area contributed by atoms with E-state index in [9.17, 15) is 4.21 Å². The van der Waals surface area contributed by atoms with Gasteiger partial charge in [0.25, 0.3) is 0 Å². The zero-order valence-corrected chi connectivity index (χ0v) is 12.2. The van der Waals surface area contributed by atoms with Gasteiger partial charge in [-0.2, -0.15) is 0 Å². The Hall–Kier alpha value is -1.17. The molecular formula is C14H17NO2S2. The Balaban J connectivity index is 1.76. The Morgan fingerprint density at radius 2 is 2.05 bits per heavy atom. The molecule has 0 amide bonds. The second-order valence-corrected chi connectivity index (χ2v) is 6.74. The molecule has 5 heteroatoms. The molecule has 1 aromatic carbocycles. The summed E-state index contributed by atoms with van der Waals surface area (Å²) >= 11 is 1.53. The van der Waals surface area contributed by atoms with Gasteiger partial charge in [0.15, 0.2) is 0 Å². The van der Waals surface area contributed by atoms with Gasteiger partial charge in [-0.1, -0.05) is 24.3 Å². The van der Waals surface area contributed by atoms with Crippen LogP contribution < -0.4 is 10.5 Å². The molecule has 3 nitrogen and oxygen atoms in total. The minimum atomic E-state index is -0.903. The lowest BCUT2D eigenvalue weighted by Crippen LogP contribution is -2.06. The maximum Gasteiger partial charge on any atom is 0.123 e. The summed E-state index contributed by atoms with van der Waals surface area (Å²) in [6, 6.07) is 11.6. The maximum absolute atomic E-state index is 11.9. The lowest BCUT2D eigenvalue weighted by atomic mass is 10.2. The molecule has 1 unspecified atom stereocenters. The minimum Gasteiger partial charge on any atom is -0.493 e. The fraction of sp³-hybridized carbons (Fsp3) is 0.286. The third kappa shape index (κ3) is 4.16. The van der Waals surface area contributed by atoms with E-state index in [1.165, 1.54) is 11.3 Å². The predicted octanol–water partition coefficient (Wildman–Crippen LogP) is 2.78. The van der Waals surface area contributed by atoms with Gasteiger partial charge in [-0.15, -0.1) is 11.3 Å². The zero-order chi connectivity index (χ0) is 13.5. The van der Waals surface area contributed by atoms with Crippen LogP contribution >= 0.6 is 11.3 Å². The van der Waals surface area contributed by atoms with Crippen LogP contribution in [0, 0.1) is 0 Å². The summed E-state index contributed by atoms with van der Waals surface area (Å²) in [5.41, 5.74) is 6.64. The smallest absolute Gasteiger partial charge is 0.123 e. The molecule has 0 radical (unpaired) electrons. The first kappa shape index (κ1) is 14.2. The van der Waals surface area contributed by atoms with Gasteiger partial charge >= 0.3 is 0 Å². The van der Waals surface area contributed by atoms with Gasteiger partial charge in [0.1, 0.15) is 5.75 Å². The van der Waals surface area contributed by atoms with E-state index in [4.69, 9.17) is 10.5 Å². The minimum absolute atomic E-state index is 0.470. The fourth-order valence-electron chi connectivity index (χ4n) is 1.68. The Bertz CT molecular complexity index is 526. The molecule has 0 fully saturated rings. The van der Waals surface area contributed by atoms with E-state index in [0.717, 1.165) is 21.9 Å². The number of para-hydroxylation sites is 1. The molecule has 1 atom stereocenters. The van der Waals surface area contributed by atoms with Crippen molar-refractivity contribution in [1.29, 1.82) is 0 Å². The molecule has 2 N–H and O–H groups in total. The monoisotopic (exact) mass is 295 g/mol. The Morgan fingerprint density at radius 3 is 2.79 bits per heavy atom. The third-order valence-electron chi connectivity index (χ3n) is 2.64. The van der Waals surface area contributed by atoms with Crippen molar-refractivity contribution in [2.45, 2.75) is 17.2 Å². The molecule has 0 aliphatic rings. The van der Waals surface area contributed by atoms with Gasteiger partial charge in [0.2, 0.25) is 0 Å². The topological polar surface area (TPSA) is 52.3 Å². The van der Waals surface area contributed by atoms with Crippen molar-refractivity contribution in [3.05, 3.63) is 47.3 Å². The molecule has 1 heterocycles. The maximum atomic E-state index is 11.9. The molecule has 0 saturated carbocycles. The van der Waals surface area contributed by atoms with Crippen molar-refractivity contribution >= 4 is 22.1 Å². The summed E-state index contributed by atoms with van der Waals surface area (Å²) in [6.07, 6.45) is 0.767. The van der Waals surface area contributed by atoms with Gasteiger partial charge in [0, 0.05) is 17.9 Å². The van der Waals surface area contributed by atoms with Crippen molar-refractivity contribution < 1.29 is 8.95 Å². The second-order valence-electron chi connectivity index (χ2n) is 4.00. The first-order chi connectivity index (χ1) is 9.31. The van der Waals surface area contributed by atoms with Gasteiger partial charge in [0.05, 0.1) is 21.6 Å². The summed E-state index contributed by atoms with van der Waals surface area (Å²) in [5.74, 6) is 1.46. The van der Waals surface area contributed by atoms with Crippen LogP contribution in [0.15, 0.2) is 46.0 Å². The summed E-state index contributed by atoms with van der Waals surface area (Å²) in [6.45, 7) is 1.03. The number of rotatable bonds is 7. The Kier molecular flexibility index (Phi) is 5.57. The van der Waals surface area contributed by atoms with E-state index in [1.807, 2.05) is 41.8 Å². The van der Waals surface area contributed by atoms with Gasteiger partial charge in [-0.25, -0.2) is 0 Å². The number of nitrogens with two attached hydrogens (primary N) is 1. The van der Waals surface area contributed by atoms with Crippen LogP contribution in [-0.2, 0) is 17.3 Å². The first-order valence-corrected chi connectivity index (χ1v) is 8.34. The molecule has 1 aromatic heterocycles. The predicted molar refractivity (Wildman–Crippen MR) is 80.0 cm³/mol. The second kappa shape index (κ2) is 7.43. The highest BCUT2D eigenvalue weighted by Gasteiger charge is 2.05. The Morgan fingerprint density at radius 1 is 1.21 bits per heavy atom. The van der Waals surface area contributed by atoms with Crippen LogP contribution in [0.25, 0.3) is 0 Å². The lowest BCUT2D eigenvalue weighted by Gasteiger charge is -2.09. The molecule has 2 aromatic rings. The largest absolute Gasteiger partial charge is 0.493 e. The van der Waals surface area contributed by atoms with Crippen LogP contribution in [0.2, 0.25) is 0 Å². The van der Waals surface area contributed by atoms with Gasteiger partial charge in [-0.3, -0.25) is 4.21 Å². The normalized spacial score (nSPS) is 12.3. The molecule has 19 heavy (non-hydrogen) atoms. The van der Waals surface area contributed by atoms with E-state index < -0.39 is 10.8 Å². The van der Waals surface area contributed by atoms with E-state index in [0.29, 0.717) is 18.9 Å². The van der Waals surface area contributed by atoms with E-state index in [-0.39, 0.29) is 0 Å². The standard InChI is InChI=1S/C14H17NO2S2/c15-11-12-5-1-2-6-13(12)17-8-4-10-19(16)14-7-3-9-18-14/h1-3,5-7,9H,4,8,10-11,15H2. The summed E-state index contributed by atoms with van der Waals surface area (Å²) in [4.78, 5) is 0. The van der Waals surface area contributed by atoms with Crippen LogP contribution in [0.1, 0.15) is 12.0 Å². The quantitative estimate of drug-likeness (QED) is 0.799. The van der Waals surface area contributed by atoms with E-state index in [1.54, 1.807) is 0 Å². The SMILES string of the molecule is NCc1ccccc1OCCCS(=O)c1cccs1. The summed E-state index contributed by atoms with van der Waals surface area (Å²) in [5, 5.41) is 1.95. The van der Waals surface area contributed by atoms with Crippen LogP contribution in [0.4, 0.5) is 0 Å². The molecule has 0 aliphatic carbocycles. The fourth-order valence-corrected chi connectivity index (χ4v) is 3.78. The molecule has 0 bridgehead atoms. The summed E-state index contributed by atoms with van der Waals surface area (Å²) < 4.78 is 18.5. The average molecular weight is 295 g/mol. The third-order valence-corrected chi connectivity index (χ3v) is 5.40. The molecular weight excluding hydrogens is 278 g/mol. The van der Waals surface area contributed by atoms with E-state index in [2.05, 4.69) is 0 Å². The number of benzene rings is 1. The highest BCUT2D eigenvalue weighted by molar-refractivity contribution is 7.87. The van der Waals surface area contributed by atoms with Crippen molar-refractivity contribution in [3.8, 4) is 5.75 Å². The highest BCUT2D eigenvalue weighted by Crippen LogP contribution is 2.18. The number of ether oxygens (including phenoxy) is 1. The number of hydrogen-bond acceptors (Lipinski definition) is 4. The van der Waals surface area contributed by atoms with Crippen molar-refractivity contribution in [2.24, 2.45) is 5.73 Å². The van der Waals surface area contributed by atoms with Gasteiger partial charge < -0.3 is 10.5 Å². The molecule has 0 saturated heterocycles. The average Bonchev–Trinajstić information content (AvgIpc) is 2.98. The number of hydrogen-bond donors (Lipinski definition) is 1. The molecule has 2 rings (SSSR count). The molecule has 102 valence electrons. The van der Waals surface area contributed by atoms with Crippen LogP contribution in [-0.4, -0.2) is 16.6 Å². The van der Waals surface area contributed by atoms with Crippen molar-refractivity contribution in [2.75, 3.05) is 12.4 Å². The zero-order valence-electron chi connectivity index (χ0n) is 10.6. The van der Waals surface area contributed by atoms with Crippen LogP contribution in [0.3, 0.4) is 0 Å². The first-order valence-electron chi connectivity index (χ1n) is 6.14.